The van der Waals surface area contributed by atoms with Crippen molar-refractivity contribution in [2.24, 2.45) is 0 Å². The van der Waals surface area contributed by atoms with Gasteiger partial charge in [-0.3, -0.25) is 4.79 Å². The number of hydrogen-bond donors (Lipinski definition) is 0. The van der Waals surface area contributed by atoms with Crippen LogP contribution in [0.5, 0.6) is 11.6 Å². The third-order valence-electron chi connectivity index (χ3n) is 5.16. The zero-order valence-electron chi connectivity index (χ0n) is 18.3. The number of anilines is 1. The van der Waals surface area contributed by atoms with E-state index >= 15 is 0 Å². The Hall–Kier alpha value is -1.80. The molecule has 1 fully saturated rings. The Labute approximate surface area is 194 Å². The number of methoxy groups -OCH3 is 1. The van der Waals surface area contributed by atoms with Crippen molar-refractivity contribution in [2.75, 3.05) is 32.0 Å². The Morgan fingerprint density at radius 3 is 2.71 bits per heavy atom. The van der Waals surface area contributed by atoms with Gasteiger partial charge in [0.05, 0.1) is 22.8 Å². The summed E-state index contributed by atoms with van der Waals surface area (Å²) in [6, 6.07) is 8.07. The fourth-order valence-corrected chi connectivity index (χ4v) is 4.66. The Morgan fingerprint density at radius 2 is 2.00 bits per heavy atom. The summed E-state index contributed by atoms with van der Waals surface area (Å²) in [6.45, 7) is 8.15. The summed E-state index contributed by atoms with van der Waals surface area (Å²) in [5.74, 6) is 0.880. The largest absolute Gasteiger partial charge is 0.481 e. The third-order valence-corrected chi connectivity index (χ3v) is 7.68. The van der Waals surface area contributed by atoms with Gasteiger partial charge in [0.15, 0.2) is 6.79 Å². The average molecular weight is 483 g/mol. The lowest BCUT2D eigenvalue weighted by Crippen LogP contribution is -2.24. The van der Waals surface area contributed by atoms with Crippen molar-refractivity contribution in [3.05, 3.63) is 46.1 Å². The van der Waals surface area contributed by atoms with Gasteiger partial charge in [0.25, 0.3) is 0 Å². The van der Waals surface area contributed by atoms with E-state index in [4.69, 9.17) is 37.4 Å². The Morgan fingerprint density at radius 1 is 1.23 bits per heavy atom. The molecule has 1 aliphatic heterocycles. The van der Waals surface area contributed by atoms with Crippen molar-refractivity contribution < 1.29 is 19.0 Å². The van der Waals surface area contributed by atoms with E-state index < -0.39 is 8.07 Å². The standard InChI is InChI=1S/C22H28Cl2N2O4Si/c1-28-19-12-16(7-8-25-19)26-13-15(11-20(26)27)21-18(6-5-17(23)22(21)24)30-14-29-9-10-31(2,3)4/h5-8,12,15H,9-11,13-14H2,1-4H3. The molecule has 2 heterocycles. The normalized spacial score (nSPS) is 16.6. The number of amides is 1. The first-order valence-electron chi connectivity index (χ1n) is 10.2. The second kappa shape index (κ2) is 10.2. The molecule has 0 bridgehead atoms. The summed E-state index contributed by atoms with van der Waals surface area (Å²) < 4.78 is 16.8. The molecule has 3 rings (SSSR count). The molecule has 0 radical (unpaired) electrons. The van der Waals surface area contributed by atoms with Crippen molar-refractivity contribution in [1.82, 2.24) is 4.98 Å². The monoisotopic (exact) mass is 482 g/mol. The van der Waals surface area contributed by atoms with Gasteiger partial charge in [-0.2, -0.15) is 0 Å². The molecule has 1 aromatic heterocycles. The van der Waals surface area contributed by atoms with Crippen molar-refractivity contribution in [3.8, 4) is 11.6 Å². The number of rotatable bonds is 9. The van der Waals surface area contributed by atoms with Crippen LogP contribution < -0.4 is 14.4 Å². The Balaban J connectivity index is 1.75. The van der Waals surface area contributed by atoms with Gasteiger partial charge in [0.2, 0.25) is 11.8 Å². The molecule has 2 aromatic rings. The molecule has 1 unspecified atom stereocenters. The maximum Gasteiger partial charge on any atom is 0.227 e. The molecule has 31 heavy (non-hydrogen) atoms. The highest BCUT2D eigenvalue weighted by atomic mass is 35.5. The van der Waals surface area contributed by atoms with Gasteiger partial charge in [-0.1, -0.05) is 42.8 Å². The number of pyridine rings is 1. The van der Waals surface area contributed by atoms with E-state index in [9.17, 15) is 4.79 Å². The van der Waals surface area contributed by atoms with Crippen molar-refractivity contribution in [2.45, 2.75) is 38.0 Å². The molecule has 1 amide bonds. The van der Waals surface area contributed by atoms with Crippen LogP contribution in [0, 0.1) is 0 Å². The van der Waals surface area contributed by atoms with E-state index in [1.807, 2.05) is 0 Å². The van der Waals surface area contributed by atoms with E-state index in [1.165, 1.54) is 0 Å². The molecule has 0 N–H and O–H groups in total. The minimum Gasteiger partial charge on any atom is -0.481 e. The minimum absolute atomic E-state index is 0.00775. The lowest BCUT2D eigenvalue weighted by Gasteiger charge is -2.20. The number of halogens is 2. The average Bonchev–Trinajstić information content (AvgIpc) is 3.10. The molecule has 1 aliphatic rings. The van der Waals surface area contributed by atoms with Crippen LogP contribution in [-0.4, -0.2) is 46.0 Å². The quantitative estimate of drug-likeness (QED) is 0.264. The number of aromatic nitrogens is 1. The molecule has 0 spiro atoms. The highest BCUT2D eigenvalue weighted by Gasteiger charge is 2.35. The molecule has 1 atom stereocenters. The van der Waals surface area contributed by atoms with Crippen molar-refractivity contribution in [1.29, 1.82) is 0 Å². The Bertz CT molecular complexity index is 936. The number of carbonyl (C=O) groups is 1. The number of nitrogens with zero attached hydrogens (tertiary/aromatic N) is 2. The van der Waals surface area contributed by atoms with Crippen LogP contribution in [0.4, 0.5) is 5.69 Å². The highest BCUT2D eigenvalue weighted by molar-refractivity contribution is 6.76. The summed E-state index contributed by atoms with van der Waals surface area (Å²) in [5, 5.41) is 0.841. The summed E-state index contributed by atoms with van der Waals surface area (Å²) >= 11 is 12.9. The van der Waals surface area contributed by atoms with Gasteiger partial charge < -0.3 is 19.1 Å². The number of benzene rings is 1. The molecule has 6 nitrogen and oxygen atoms in total. The number of ether oxygens (including phenoxy) is 3. The molecule has 9 heteroatoms. The van der Waals surface area contributed by atoms with E-state index in [2.05, 4.69) is 24.6 Å². The lowest BCUT2D eigenvalue weighted by atomic mass is 9.97. The molecule has 168 valence electrons. The zero-order chi connectivity index (χ0) is 22.6. The van der Waals surface area contributed by atoms with Crippen LogP contribution in [0.25, 0.3) is 0 Å². The van der Waals surface area contributed by atoms with Gasteiger partial charge in [-0.25, -0.2) is 4.98 Å². The first-order valence-corrected chi connectivity index (χ1v) is 14.6. The van der Waals surface area contributed by atoms with Crippen LogP contribution in [0.15, 0.2) is 30.5 Å². The van der Waals surface area contributed by atoms with Gasteiger partial charge in [0.1, 0.15) is 5.75 Å². The molecular weight excluding hydrogens is 455 g/mol. The van der Waals surface area contributed by atoms with E-state index in [0.29, 0.717) is 41.2 Å². The first kappa shape index (κ1) is 23.9. The molecule has 0 saturated carbocycles. The molecular formula is C22H28Cl2N2O4Si. The van der Waals surface area contributed by atoms with Crippen molar-refractivity contribution in [3.63, 3.8) is 0 Å². The smallest absolute Gasteiger partial charge is 0.227 e. The van der Waals surface area contributed by atoms with Gasteiger partial charge in [-0.15, -0.1) is 0 Å². The van der Waals surface area contributed by atoms with Crippen LogP contribution >= 0.6 is 23.2 Å². The predicted octanol–water partition coefficient (Wildman–Crippen LogP) is 5.61. The predicted molar refractivity (Wildman–Crippen MR) is 127 cm³/mol. The minimum atomic E-state index is -1.17. The maximum absolute atomic E-state index is 12.8. The van der Waals surface area contributed by atoms with Crippen LogP contribution in [-0.2, 0) is 9.53 Å². The second-order valence-electron chi connectivity index (χ2n) is 8.72. The maximum atomic E-state index is 12.8. The summed E-state index contributed by atoms with van der Waals surface area (Å²) in [7, 11) is 0.378. The van der Waals surface area contributed by atoms with Gasteiger partial charge in [-0.05, 0) is 24.2 Å². The van der Waals surface area contributed by atoms with Crippen molar-refractivity contribution >= 4 is 42.9 Å². The fraction of sp³-hybridized carbons (Fsp3) is 0.455. The second-order valence-corrected chi connectivity index (χ2v) is 15.1. The van der Waals surface area contributed by atoms with E-state index in [1.54, 1.807) is 42.5 Å². The number of carbonyl (C=O) groups excluding carboxylic acids is 1. The van der Waals surface area contributed by atoms with Gasteiger partial charge >= 0.3 is 0 Å². The first-order chi connectivity index (χ1) is 14.7. The summed E-state index contributed by atoms with van der Waals surface area (Å²) in [5.41, 5.74) is 1.47. The fourth-order valence-electron chi connectivity index (χ4n) is 3.43. The van der Waals surface area contributed by atoms with E-state index in [0.717, 1.165) is 17.3 Å². The van der Waals surface area contributed by atoms with Crippen LogP contribution in [0.1, 0.15) is 17.9 Å². The third kappa shape index (κ3) is 6.13. The topological polar surface area (TPSA) is 60.9 Å². The zero-order valence-corrected chi connectivity index (χ0v) is 20.8. The highest BCUT2D eigenvalue weighted by Crippen LogP contribution is 2.43. The summed E-state index contributed by atoms with van der Waals surface area (Å²) in [4.78, 5) is 18.6. The van der Waals surface area contributed by atoms with Gasteiger partial charge in [0, 0.05) is 51.4 Å². The molecule has 0 aliphatic carbocycles. The number of hydrogen-bond acceptors (Lipinski definition) is 5. The molecule has 1 aromatic carbocycles. The summed E-state index contributed by atoms with van der Waals surface area (Å²) in [6.07, 6.45) is 1.92. The molecule has 1 saturated heterocycles. The van der Waals surface area contributed by atoms with E-state index in [-0.39, 0.29) is 18.6 Å². The lowest BCUT2D eigenvalue weighted by molar-refractivity contribution is -0.117. The SMILES string of the molecule is COc1cc(N2CC(c3c(OCOCC[Si](C)(C)C)ccc(Cl)c3Cl)CC2=O)ccn1. The Kier molecular flexibility index (Phi) is 7.86. The van der Waals surface area contributed by atoms with Crippen LogP contribution in [0.3, 0.4) is 0 Å². The van der Waals surface area contributed by atoms with Crippen LogP contribution in [0.2, 0.25) is 35.7 Å².